The number of hydrazine groups is 1. The highest BCUT2D eigenvalue weighted by atomic mass is 15.4. The number of nitrogens with one attached hydrogen (secondary N) is 1. The summed E-state index contributed by atoms with van der Waals surface area (Å²) in [5, 5.41) is 8.13. The molecule has 1 fully saturated rings. The Balaban J connectivity index is 2.00. The van der Waals surface area contributed by atoms with Crippen LogP contribution in [0.15, 0.2) is 6.20 Å². The highest BCUT2D eigenvalue weighted by Gasteiger charge is 2.29. The molecule has 0 aromatic carbocycles. The largest absolute Gasteiger partial charge is 0.271 e. The van der Waals surface area contributed by atoms with Gasteiger partial charge in [0.15, 0.2) is 0 Å². The Morgan fingerprint density at radius 2 is 2.11 bits per heavy atom. The van der Waals surface area contributed by atoms with Crippen LogP contribution in [-0.4, -0.2) is 15.0 Å². The number of aryl methyl sites for hydroxylation is 1. The first-order valence-corrected chi connectivity index (χ1v) is 7.64. The molecule has 0 saturated heterocycles. The molecule has 108 valence electrons. The first-order chi connectivity index (χ1) is 9.30. The van der Waals surface area contributed by atoms with Crippen LogP contribution >= 0.6 is 0 Å². The number of hydrogen-bond acceptors (Lipinski definition) is 4. The fraction of sp³-hybridized carbons (Fsp3) is 0.857. The van der Waals surface area contributed by atoms with Crippen LogP contribution in [0.5, 0.6) is 0 Å². The normalized spacial score (nSPS) is 25.4. The Kier molecular flexibility index (Phi) is 5.34. The lowest BCUT2D eigenvalue weighted by atomic mass is 9.76. The van der Waals surface area contributed by atoms with Crippen molar-refractivity contribution in [2.45, 2.75) is 65.0 Å². The summed E-state index contributed by atoms with van der Waals surface area (Å²) < 4.78 is 1.95. The van der Waals surface area contributed by atoms with E-state index in [1.165, 1.54) is 38.5 Å². The summed E-state index contributed by atoms with van der Waals surface area (Å²) in [5.41, 5.74) is 4.12. The van der Waals surface area contributed by atoms with E-state index in [-0.39, 0.29) is 6.04 Å². The van der Waals surface area contributed by atoms with E-state index < -0.39 is 0 Å². The van der Waals surface area contributed by atoms with E-state index in [0.29, 0.717) is 5.92 Å². The predicted molar refractivity (Wildman–Crippen MR) is 76.1 cm³/mol. The number of aromatic nitrogens is 3. The molecule has 1 aromatic rings. The van der Waals surface area contributed by atoms with Crippen molar-refractivity contribution >= 4 is 0 Å². The van der Waals surface area contributed by atoms with Crippen LogP contribution in [0.25, 0.3) is 0 Å². The molecule has 19 heavy (non-hydrogen) atoms. The molecule has 0 bridgehead atoms. The predicted octanol–water partition coefficient (Wildman–Crippen LogP) is 2.41. The van der Waals surface area contributed by atoms with Crippen molar-refractivity contribution in [3.8, 4) is 0 Å². The molecule has 3 N–H and O–H groups in total. The van der Waals surface area contributed by atoms with Gasteiger partial charge in [-0.05, 0) is 31.6 Å². The standard InChI is InChI=1S/C14H27N5/c1-3-5-11-6-8-12(9-7-11)14(17-15)13-10-16-18-19(13)4-2/h10-12,14,17H,3-9,15H2,1-2H3. The summed E-state index contributed by atoms with van der Waals surface area (Å²) in [6.45, 7) is 5.21. The highest BCUT2D eigenvalue weighted by Crippen LogP contribution is 2.37. The molecular weight excluding hydrogens is 238 g/mol. The molecule has 1 aliphatic carbocycles. The maximum absolute atomic E-state index is 5.79. The minimum Gasteiger partial charge on any atom is -0.271 e. The highest BCUT2D eigenvalue weighted by molar-refractivity contribution is 5.04. The summed E-state index contributed by atoms with van der Waals surface area (Å²) in [4.78, 5) is 0. The summed E-state index contributed by atoms with van der Waals surface area (Å²) in [5.74, 6) is 7.33. The lowest BCUT2D eigenvalue weighted by molar-refractivity contribution is 0.209. The van der Waals surface area contributed by atoms with Gasteiger partial charge in [-0.2, -0.15) is 0 Å². The third-order valence-corrected chi connectivity index (χ3v) is 4.51. The molecule has 1 heterocycles. The molecule has 0 aliphatic heterocycles. The number of rotatable bonds is 6. The van der Waals surface area contributed by atoms with E-state index in [1.54, 1.807) is 0 Å². The van der Waals surface area contributed by atoms with Gasteiger partial charge in [-0.15, -0.1) is 5.10 Å². The molecule has 5 heteroatoms. The second-order valence-electron chi connectivity index (χ2n) is 5.69. The zero-order valence-electron chi connectivity index (χ0n) is 12.2. The van der Waals surface area contributed by atoms with Crippen molar-refractivity contribution in [3.05, 3.63) is 11.9 Å². The zero-order valence-corrected chi connectivity index (χ0v) is 12.2. The van der Waals surface area contributed by atoms with Crippen LogP contribution < -0.4 is 11.3 Å². The van der Waals surface area contributed by atoms with Crippen molar-refractivity contribution in [2.24, 2.45) is 17.7 Å². The minimum atomic E-state index is 0.192. The van der Waals surface area contributed by atoms with Crippen LogP contribution in [-0.2, 0) is 6.54 Å². The molecule has 0 spiro atoms. The average molecular weight is 265 g/mol. The third kappa shape index (κ3) is 3.34. The molecular formula is C14H27N5. The monoisotopic (exact) mass is 265 g/mol. The summed E-state index contributed by atoms with van der Waals surface area (Å²) in [7, 11) is 0. The molecule has 2 rings (SSSR count). The van der Waals surface area contributed by atoms with E-state index in [0.717, 1.165) is 18.2 Å². The number of nitrogens with two attached hydrogens (primary N) is 1. The smallest absolute Gasteiger partial charge is 0.0772 e. The van der Waals surface area contributed by atoms with Gasteiger partial charge in [0, 0.05) is 6.54 Å². The molecule has 1 saturated carbocycles. The zero-order chi connectivity index (χ0) is 13.7. The first kappa shape index (κ1) is 14.5. The Morgan fingerprint density at radius 3 is 2.68 bits per heavy atom. The fourth-order valence-electron chi connectivity index (χ4n) is 3.43. The van der Waals surface area contributed by atoms with E-state index in [9.17, 15) is 0 Å². The minimum absolute atomic E-state index is 0.192. The van der Waals surface area contributed by atoms with Crippen LogP contribution in [0.1, 0.15) is 64.1 Å². The van der Waals surface area contributed by atoms with Gasteiger partial charge in [0.2, 0.25) is 0 Å². The quantitative estimate of drug-likeness (QED) is 0.612. The number of nitrogens with zero attached hydrogens (tertiary/aromatic N) is 3. The molecule has 1 unspecified atom stereocenters. The van der Waals surface area contributed by atoms with Gasteiger partial charge in [0.1, 0.15) is 0 Å². The van der Waals surface area contributed by atoms with Crippen molar-refractivity contribution in [2.75, 3.05) is 0 Å². The fourth-order valence-corrected chi connectivity index (χ4v) is 3.43. The van der Waals surface area contributed by atoms with Crippen LogP contribution in [0.2, 0.25) is 0 Å². The van der Waals surface area contributed by atoms with Crippen molar-refractivity contribution in [1.29, 1.82) is 0 Å². The van der Waals surface area contributed by atoms with Gasteiger partial charge in [-0.3, -0.25) is 11.3 Å². The molecule has 1 aliphatic rings. The topological polar surface area (TPSA) is 68.8 Å². The van der Waals surface area contributed by atoms with Crippen molar-refractivity contribution in [3.63, 3.8) is 0 Å². The SMILES string of the molecule is CCCC1CCC(C(NN)c2cnnn2CC)CC1. The molecule has 0 amide bonds. The third-order valence-electron chi connectivity index (χ3n) is 4.51. The Morgan fingerprint density at radius 1 is 1.37 bits per heavy atom. The van der Waals surface area contributed by atoms with Crippen LogP contribution in [0.3, 0.4) is 0 Å². The lowest BCUT2D eigenvalue weighted by Gasteiger charge is -2.33. The first-order valence-electron chi connectivity index (χ1n) is 7.64. The lowest BCUT2D eigenvalue weighted by Crippen LogP contribution is -2.36. The Hall–Kier alpha value is -0.940. The van der Waals surface area contributed by atoms with Crippen LogP contribution in [0, 0.1) is 11.8 Å². The van der Waals surface area contributed by atoms with Gasteiger partial charge >= 0.3 is 0 Å². The van der Waals surface area contributed by atoms with E-state index >= 15 is 0 Å². The number of hydrogen-bond donors (Lipinski definition) is 2. The Labute approximate surface area is 115 Å². The molecule has 5 nitrogen and oxygen atoms in total. The van der Waals surface area contributed by atoms with E-state index in [2.05, 4.69) is 29.6 Å². The molecule has 1 aromatic heterocycles. The summed E-state index contributed by atoms with van der Waals surface area (Å²) >= 11 is 0. The van der Waals surface area contributed by atoms with E-state index in [1.807, 2.05) is 10.9 Å². The molecule has 0 radical (unpaired) electrons. The van der Waals surface area contributed by atoms with Gasteiger partial charge in [-0.25, -0.2) is 4.68 Å². The van der Waals surface area contributed by atoms with Crippen LogP contribution in [0.4, 0.5) is 0 Å². The summed E-state index contributed by atoms with van der Waals surface area (Å²) in [6.07, 6.45) is 9.73. The average Bonchev–Trinajstić information content (AvgIpc) is 2.90. The maximum atomic E-state index is 5.79. The summed E-state index contributed by atoms with van der Waals surface area (Å²) in [6, 6.07) is 0.192. The molecule has 1 atom stereocenters. The second kappa shape index (κ2) is 7.01. The van der Waals surface area contributed by atoms with Gasteiger partial charge in [0.05, 0.1) is 17.9 Å². The maximum Gasteiger partial charge on any atom is 0.0772 e. The van der Waals surface area contributed by atoms with Crippen molar-refractivity contribution < 1.29 is 0 Å². The van der Waals surface area contributed by atoms with Crippen molar-refractivity contribution in [1.82, 2.24) is 20.4 Å². The second-order valence-corrected chi connectivity index (χ2v) is 5.69. The van der Waals surface area contributed by atoms with Gasteiger partial charge in [0.25, 0.3) is 0 Å². The van der Waals surface area contributed by atoms with E-state index in [4.69, 9.17) is 5.84 Å². The Bertz CT molecular complexity index is 368. The van der Waals surface area contributed by atoms with Gasteiger partial charge in [-0.1, -0.05) is 37.8 Å². The van der Waals surface area contributed by atoms with Gasteiger partial charge < -0.3 is 0 Å².